The predicted octanol–water partition coefficient (Wildman–Crippen LogP) is 3.78. The van der Waals surface area contributed by atoms with Crippen LogP contribution in [0.2, 0.25) is 5.02 Å². The minimum atomic E-state index is -0.523. The quantitative estimate of drug-likeness (QED) is 0.380. The van der Waals surface area contributed by atoms with Crippen LogP contribution in [-0.2, 0) is 19.0 Å². The number of methoxy groups -OCH3 is 1. The fraction of sp³-hybridized carbons (Fsp3) is 0.370. The number of aromatic nitrogens is 2. The summed E-state index contributed by atoms with van der Waals surface area (Å²) in [6, 6.07) is 7.75. The number of nitrogens with one attached hydrogen (secondary N) is 2. The molecule has 1 amide bonds. The summed E-state index contributed by atoms with van der Waals surface area (Å²) in [6.07, 6.45) is 3.52. The summed E-state index contributed by atoms with van der Waals surface area (Å²) in [5.41, 5.74) is 1.52. The Morgan fingerprint density at radius 1 is 1.18 bits per heavy atom. The molecule has 0 bridgehead atoms. The Labute approximate surface area is 230 Å². The number of carbonyl (C=O) groups excluding carboxylic acids is 1. The van der Waals surface area contributed by atoms with E-state index in [1.54, 1.807) is 31.4 Å². The molecule has 0 spiro atoms. The highest BCUT2D eigenvalue weighted by Crippen LogP contribution is 2.37. The number of ether oxygens (including phenoxy) is 4. The van der Waals surface area contributed by atoms with Gasteiger partial charge in [0.25, 0.3) is 0 Å². The maximum absolute atomic E-state index is 13.7. The normalized spacial score (nSPS) is 22.5. The second-order valence-corrected chi connectivity index (χ2v) is 9.93. The van der Waals surface area contributed by atoms with E-state index in [9.17, 15) is 9.18 Å². The van der Waals surface area contributed by atoms with Gasteiger partial charge in [-0.1, -0.05) is 17.7 Å². The zero-order valence-corrected chi connectivity index (χ0v) is 22.4. The van der Waals surface area contributed by atoms with Gasteiger partial charge >= 0.3 is 0 Å². The Bertz CT molecular complexity index is 1390. The third-order valence-electron chi connectivity index (χ3n) is 6.46. The lowest BCUT2D eigenvalue weighted by Crippen LogP contribution is -2.35. The Balaban J connectivity index is 1.47. The van der Waals surface area contributed by atoms with Crippen molar-refractivity contribution in [2.75, 3.05) is 51.6 Å². The van der Waals surface area contributed by atoms with Crippen LogP contribution in [-0.4, -0.2) is 86.2 Å². The van der Waals surface area contributed by atoms with Gasteiger partial charge in [0, 0.05) is 36.9 Å². The van der Waals surface area contributed by atoms with Gasteiger partial charge in [0.1, 0.15) is 42.0 Å². The highest BCUT2D eigenvalue weighted by atomic mass is 35.5. The van der Waals surface area contributed by atoms with E-state index in [0.717, 1.165) is 0 Å². The maximum Gasteiger partial charge on any atom is 0.248 e. The summed E-state index contributed by atoms with van der Waals surface area (Å²) in [7, 11) is 5.45. The van der Waals surface area contributed by atoms with Crippen molar-refractivity contribution in [2.45, 2.75) is 24.4 Å². The highest BCUT2D eigenvalue weighted by molar-refractivity contribution is 6.31. The Morgan fingerprint density at radius 3 is 2.69 bits per heavy atom. The number of nitrogens with zero attached hydrogens (tertiary/aromatic N) is 3. The molecule has 206 valence electrons. The first kappa shape index (κ1) is 27.2. The largest absolute Gasteiger partial charge is 0.483 e. The van der Waals surface area contributed by atoms with Crippen LogP contribution in [0.5, 0.6) is 5.75 Å². The predicted molar refractivity (Wildman–Crippen MR) is 145 cm³/mol. The van der Waals surface area contributed by atoms with Gasteiger partial charge in [-0.15, -0.1) is 0 Å². The van der Waals surface area contributed by atoms with E-state index in [-0.39, 0.29) is 29.2 Å². The first-order valence-corrected chi connectivity index (χ1v) is 12.8. The van der Waals surface area contributed by atoms with Crippen molar-refractivity contribution in [1.82, 2.24) is 14.9 Å². The molecule has 2 fully saturated rings. The summed E-state index contributed by atoms with van der Waals surface area (Å²) in [6.45, 7) is 1.34. The van der Waals surface area contributed by atoms with Gasteiger partial charge in [0.05, 0.1) is 29.4 Å². The molecule has 12 heteroatoms. The van der Waals surface area contributed by atoms with Crippen LogP contribution in [0, 0.1) is 5.82 Å². The van der Waals surface area contributed by atoms with Crippen LogP contribution >= 0.6 is 11.6 Å². The number of benzene rings is 2. The van der Waals surface area contributed by atoms with Crippen LogP contribution in [0.4, 0.5) is 21.6 Å². The van der Waals surface area contributed by atoms with Gasteiger partial charge in [-0.2, -0.15) is 0 Å². The molecule has 2 saturated heterocycles. The molecular formula is C27H29ClFN5O5. The molecule has 3 heterocycles. The average Bonchev–Trinajstić information content (AvgIpc) is 3.49. The molecule has 2 N–H and O–H groups in total. The summed E-state index contributed by atoms with van der Waals surface area (Å²) in [4.78, 5) is 23.5. The third kappa shape index (κ3) is 6.13. The highest BCUT2D eigenvalue weighted by Gasteiger charge is 2.49. The molecule has 2 aromatic carbocycles. The van der Waals surface area contributed by atoms with Crippen molar-refractivity contribution in [3.63, 3.8) is 0 Å². The number of hydrogen-bond acceptors (Lipinski definition) is 9. The Kier molecular flexibility index (Phi) is 8.24. The summed E-state index contributed by atoms with van der Waals surface area (Å²) in [5, 5.41) is 6.64. The fourth-order valence-electron chi connectivity index (χ4n) is 4.53. The molecule has 2 aliphatic heterocycles. The number of likely N-dealkylation sites (N-methyl/N-ethyl adjacent to an activating group) is 1. The standard InChI is InChI=1S/C27H29ClFN5O5/c1-34(2)8-4-5-24(35)33-20-10-16-19(30-14-31-27(16)32-15-6-7-18(29)17(28)9-15)11-21(20)39-23-13-38-25-22(36-3)12-37-26(23)25/h4-7,9-11,14,22-23,25-26H,8,12-13H2,1-3H3,(H,33,35)(H,30,31,32)/b5-4+/t22-,23+,25+,26+/m1/s1. The zero-order chi connectivity index (χ0) is 27.5. The molecule has 5 rings (SSSR count). The lowest BCUT2D eigenvalue weighted by Gasteiger charge is -2.21. The molecule has 10 nitrogen and oxygen atoms in total. The number of fused-ring (bicyclic) bond motifs is 2. The maximum atomic E-state index is 13.7. The lowest BCUT2D eigenvalue weighted by atomic mass is 10.1. The topological polar surface area (TPSA) is 107 Å². The number of amides is 1. The van der Waals surface area contributed by atoms with Crippen LogP contribution in [0.3, 0.4) is 0 Å². The molecule has 3 aromatic rings. The minimum Gasteiger partial charge on any atom is -0.483 e. The monoisotopic (exact) mass is 557 g/mol. The Morgan fingerprint density at radius 2 is 1.95 bits per heavy atom. The zero-order valence-electron chi connectivity index (χ0n) is 21.7. The van der Waals surface area contributed by atoms with Crippen molar-refractivity contribution in [2.24, 2.45) is 0 Å². The number of hydrogen-bond donors (Lipinski definition) is 2. The van der Waals surface area contributed by atoms with E-state index < -0.39 is 11.9 Å². The molecule has 0 saturated carbocycles. The van der Waals surface area contributed by atoms with E-state index in [4.69, 9.17) is 30.5 Å². The van der Waals surface area contributed by atoms with Crippen LogP contribution in [0.1, 0.15) is 0 Å². The lowest BCUT2D eigenvalue weighted by molar-refractivity contribution is -0.111. The first-order valence-electron chi connectivity index (χ1n) is 12.4. The van der Waals surface area contributed by atoms with Crippen molar-refractivity contribution in [3.05, 3.63) is 59.7 Å². The molecule has 0 aliphatic carbocycles. The molecule has 2 aliphatic rings. The molecule has 0 radical (unpaired) electrons. The van der Waals surface area contributed by atoms with Crippen LogP contribution in [0.15, 0.2) is 48.8 Å². The molecule has 4 atom stereocenters. The van der Waals surface area contributed by atoms with E-state index >= 15 is 0 Å². The number of carbonyl (C=O) groups is 1. The summed E-state index contributed by atoms with van der Waals surface area (Å²) < 4.78 is 37.3. The fourth-order valence-corrected chi connectivity index (χ4v) is 4.71. The first-order chi connectivity index (χ1) is 18.8. The number of anilines is 3. The number of rotatable bonds is 9. The van der Waals surface area contributed by atoms with E-state index in [1.807, 2.05) is 19.0 Å². The van der Waals surface area contributed by atoms with Gasteiger partial charge in [-0.3, -0.25) is 4.79 Å². The van der Waals surface area contributed by atoms with Gasteiger partial charge in [0.2, 0.25) is 5.91 Å². The van der Waals surface area contributed by atoms with Gasteiger partial charge in [-0.25, -0.2) is 14.4 Å². The molecule has 39 heavy (non-hydrogen) atoms. The Hall–Kier alpha value is -3.35. The molecule has 1 aromatic heterocycles. The average molecular weight is 558 g/mol. The van der Waals surface area contributed by atoms with Crippen molar-refractivity contribution < 1.29 is 28.1 Å². The third-order valence-corrected chi connectivity index (χ3v) is 6.75. The van der Waals surface area contributed by atoms with Crippen molar-refractivity contribution >= 4 is 45.6 Å². The second-order valence-electron chi connectivity index (χ2n) is 9.52. The SMILES string of the molecule is CO[C@@H]1CO[C@@H]2[C@H]1OC[C@@H]2Oc1cc2ncnc(Nc3ccc(F)c(Cl)c3)c2cc1NC(=O)/C=C/CN(C)C. The second kappa shape index (κ2) is 11.8. The minimum absolute atomic E-state index is 0.0200. The molecule has 0 unspecified atom stereocenters. The van der Waals surface area contributed by atoms with E-state index in [1.165, 1.54) is 24.5 Å². The summed E-state index contributed by atoms with van der Waals surface area (Å²) in [5.74, 6) is 0.00385. The molecular weight excluding hydrogens is 529 g/mol. The van der Waals surface area contributed by atoms with Crippen LogP contribution < -0.4 is 15.4 Å². The van der Waals surface area contributed by atoms with Crippen molar-refractivity contribution in [3.8, 4) is 5.75 Å². The van der Waals surface area contributed by atoms with E-state index in [0.29, 0.717) is 53.6 Å². The van der Waals surface area contributed by atoms with Crippen molar-refractivity contribution in [1.29, 1.82) is 0 Å². The van der Waals surface area contributed by atoms with Gasteiger partial charge < -0.3 is 34.5 Å². The van der Waals surface area contributed by atoms with Crippen LogP contribution in [0.25, 0.3) is 10.9 Å². The van der Waals surface area contributed by atoms with Gasteiger partial charge in [0.15, 0.2) is 6.10 Å². The smallest absolute Gasteiger partial charge is 0.248 e. The summed E-state index contributed by atoms with van der Waals surface area (Å²) >= 11 is 5.95. The van der Waals surface area contributed by atoms with Gasteiger partial charge in [-0.05, 0) is 38.4 Å². The number of halogens is 2. The van der Waals surface area contributed by atoms with E-state index in [2.05, 4.69) is 20.6 Å².